The van der Waals surface area contributed by atoms with E-state index in [1.165, 1.54) is 10.6 Å². The van der Waals surface area contributed by atoms with Gasteiger partial charge in [-0.25, -0.2) is 0 Å². The standard InChI is InChI=1S/C21H20N2O4/c1-26-17-10-8-16(9-11-17)22-20(24)19-7-4-12-23(21(19)25)14-15-5-3-6-18(13-15)27-2/h3-13H,14H2,1-2H3,(H,22,24). The first kappa shape index (κ1) is 18.3. The third-order valence-electron chi connectivity index (χ3n) is 4.10. The number of hydrogen-bond acceptors (Lipinski definition) is 4. The zero-order valence-corrected chi connectivity index (χ0v) is 15.1. The molecule has 0 fully saturated rings. The minimum absolute atomic E-state index is 0.0798. The van der Waals surface area contributed by atoms with Gasteiger partial charge in [-0.15, -0.1) is 0 Å². The van der Waals surface area contributed by atoms with Gasteiger partial charge in [0.15, 0.2) is 0 Å². The number of aromatic nitrogens is 1. The van der Waals surface area contributed by atoms with E-state index < -0.39 is 5.91 Å². The highest BCUT2D eigenvalue weighted by atomic mass is 16.5. The van der Waals surface area contributed by atoms with Crippen LogP contribution in [0.5, 0.6) is 11.5 Å². The maximum absolute atomic E-state index is 12.7. The zero-order chi connectivity index (χ0) is 19.2. The molecule has 1 N–H and O–H groups in total. The summed E-state index contributed by atoms with van der Waals surface area (Å²) in [4.78, 5) is 25.2. The van der Waals surface area contributed by atoms with Crippen LogP contribution in [-0.4, -0.2) is 24.7 Å². The SMILES string of the molecule is COc1ccc(NC(=O)c2cccn(Cc3cccc(OC)c3)c2=O)cc1. The molecule has 3 aromatic rings. The molecule has 6 nitrogen and oxygen atoms in total. The molecule has 0 saturated carbocycles. The number of nitrogens with zero attached hydrogens (tertiary/aromatic N) is 1. The van der Waals surface area contributed by atoms with Crippen molar-refractivity contribution >= 4 is 11.6 Å². The maximum atomic E-state index is 12.7. The number of ether oxygens (including phenoxy) is 2. The van der Waals surface area contributed by atoms with Gasteiger partial charge >= 0.3 is 0 Å². The molecule has 3 rings (SSSR count). The van der Waals surface area contributed by atoms with E-state index in [0.29, 0.717) is 23.7 Å². The highest BCUT2D eigenvalue weighted by molar-refractivity contribution is 6.04. The Hall–Kier alpha value is -3.54. The van der Waals surface area contributed by atoms with E-state index in [0.717, 1.165) is 5.56 Å². The predicted molar refractivity (Wildman–Crippen MR) is 104 cm³/mol. The van der Waals surface area contributed by atoms with Crippen LogP contribution >= 0.6 is 0 Å². The summed E-state index contributed by atoms with van der Waals surface area (Å²) in [5.41, 5.74) is 1.22. The number of hydrogen-bond donors (Lipinski definition) is 1. The lowest BCUT2D eigenvalue weighted by atomic mass is 10.2. The van der Waals surface area contributed by atoms with Crippen molar-refractivity contribution in [3.63, 3.8) is 0 Å². The number of methoxy groups -OCH3 is 2. The summed E-state index contributed by atoms with van der Waals surface area (Å²) in [7, 11) is 3.16. The van der Waals surface area contributed by atoms with Crippen LogP contribution in [0.1, 0.15) is 15.9 Å². The summed E-state index contributed by atoms with van der Waals surface area (Å²) >= 11 is 0. The highest BCUT2D eigenvalue weighted by Crippen LogP contribution is 2.16. The lowest BCUT2D eigenvalue weighted by Crippen LogP contribution is -2.29. The lowest BCUT2D eigenvalue weighted by molar-refractivity contribution is 0.102. The molecule has 0 atom stereocenters. The minimum Gasteiger partial charge on any atom is -0.497 e. The van der Waals surface area contributed by atoms with Crippen LogP contribution in [0.4, 0.5) is 5.69 Å². The Kier molecular flexibility index (Phi) is 5.56. The Bertz CT molecular complexity index is 994. The van der Waals surface area contributed by atoms with Gasteiger partial charge in [-0.1, -0.05) is 12.1 Å². The van der Waals surface area contributed by atoms with E-state index in [9.17, 15) is 9.59 Å². The Morgan fingerprint density at radius 2 is 1.70 bits per heavy atom. The van der Waals surface area contributed by atoms with E-state index in [2.05, 4.69) is 5.32 Å². The lowest BCUT2D eigenvalue weighted by Gasteiger charge is -2.10. The normalized spacial score (nSPS) is 10.3. The summed E-state index contributed by atoms with van der Waals surface area (Å²) < 4.78 is 11.8. The van der Waals surface area contributed by atoms with Crippen LogP contribution in [0.15, 0.2) is 71.7 Å². The largest absolute Gasteiger partial charge is 0.497 e. The van der Waals surface area contributed by atoms with Crippen molar-refractivity contribution in [2.45, 2.75) is 6.54 Å². The number of pyridine rings is 1. The number of nitrogens with one attached hydrogen (secondary N) is 1. The number of carbonyl (C=O) groups is 1. The molecule has 0 unspecified atom stereocenters. The molecule has 1 aromatic heterocycles. The fourth-order valence-electron chi connectivity index (χ4n) is 2.67. The molecular weight excluding hydrogens is 344 g/mol. The van der Waals surface area contributed by atoms with Crippen LogP contribution in [0.3, 0.4) is 0 Å². The van der Waals surface area contributed by atoms with Crippen LogP contribution in [-0.2, 0) is 6.54 Å². The minimum atomic E-state index is -0.454. The summed E-state index contributed by atoms with van der Waals surface area (Å²) in [5.74, 6) is 0.951. The fourth-order valence-corrected chi connectivity index (χ4v) is 2.67. The number of carbonyl (C=O) groups excluding carboxylic acids is 1. The van der Waals surface area contributed by atoms with Crippen molar-refractivity contribution < 1.29 is 14.3 Å². The number of anilines is 1. The van der Waals surface area contributed by atoms with Gasteiger partial charge in [-0.2, -0.15) is 0 Å². The average molecular weight is 364 g/mol. The van der Waals surface area contributed by atoms with E-state index in [-0.39, 0.29) is 11.1 Å². The van der Waals surface area contributed by atoms with Gasteiger partial charge in [0.05, 0.1) is 20.8 Å². The van der Waals surface area contributed by atoms with Crippen LogP contribution in [0.25, 0.3) is 0 Å². The van der Waals surface area contributed by atoms with Gasteiger partial charge in [-0.3, -0.25) is 9.59 Å². The second-order valence-electron chi connectivity index (χ2n) is 5.89. The zero-order valence-electron chi connectivity index (χ0n) is 15.1. The topological polar surface area (TPSA) is 69.6 Å². The second kappa shape index (κ2) is 8.23. The molecule has 138 valence electrons. The quantitative estimate of drug-likeness (QED) is 0.729. The Morgan fingerprint density at radius 3 is 2.41 bits per heavy atom. The van der Waals surface area contributed by atoms with Crippen molar-refractivity contribution in [2.75, 3.05) is 19.5 Å². The van der Waals surface area contributed by atoms with E-state index >= 15 is 0 Å². The van der Waals surface area contributed by atoms with Gasteiger partial charge in [0.1, 0.15) is 17.1 Å². The van der Waals surface area contributed by atoms with Crippen molar-refractivity contribution in [2.24, 2.45) is 0 Å². The Balaban J connectivity index is 1.80. The molecule has 0 aliphatic heterocycles. The summed E-state index contributed by atoms with van der Waals surface area (Å²) in [6, 6.07) is 17.6. The highest BCUT2D eigenvalue weighted by Gasteiger charge is 2.13. The first-order valence-electron chi connectivity index (χ1n) is 8.38. The maximum Gasteiger partial charge on any atom is 0.263 e. The Morgan fingerprint density at radius 1 is 0.963 bits per heavy atom. The Labute approximate surface area is 157 Å². The molecule has 0 saturated heterocycles. The molecule has 0 aliphatic rings. The van der Waals surface area contributed by atoms with Crippen molar-refractivity contribution in [1.29, 1.82) is 0 Å². The van der Waals surface area contributed by atoms with Crippen LogP contribution < -0.4 is 20.3 Å². The van der Waals surface area contributed by atoms with Gasteiger partial charge < -0.3 is 19.4 Å². The third kappa shape index (κ3) is 4.36. The average Bonchev–Trinajstić information content (AvgIpc) is 2.70. The number of rotatable bonds is 6. The molecule has 27 heavy (non-hydrogen) atoms. The van der Waals surface area contributed by atoms with Crippen molar-refractivity contribution in [3.05, 3.63) is 88.3 Å². The molecule has 0 radical (unpaired) electrons. The van der Waals surface area contributed by atoms with Gasteiger partial charge in [-0.05, 0) is 54.1 Å². The molecule has 0 spiro atoms. The van der Waals surface area contributed by atoms with Gasteiger partial charge in [0.2, 0.25) is 0 Å². The van der Waals surface area contributed by atoms with E-state index in [1.54, 1.807) is 50.7 Å². The third-order valence-corrected chi connectivity index (χ3v) is 4.10. The smallest absolute Gasteiger partial charge is 0.263 e. The molecule has 6 heteroatoms. The first-order chi connectivity index (χ1) is 13.1. The molecule has 2 aromatic carbocycles. The fraction of sp³-hybridized carbons (Fsp3) is 0.143. The predicted octanol–water partition coefficient (Wildman–Crippen LogP) is 3.17. The molecule has 1 amide bonds. The summed E-state index contributed by atoms with van der Waals surface area (Å²) in [6.07, 6.45) is 1.66. The van der Waals surface area contributed by atoms with Crippen LogP contribution in [0, 0.1) is 0 Å². The molecule has 0 bridgehead atoms. The number of amides is 1. The summed E-state index contributed by atoms with van der Waals surface area (Å²) in [6.45, 7) is 0.347. The van der Waals surface area contributed by atoms with Crippen molar-refractivity contribution in [3.8, 4) is 11.5 Å². The van der Waals surface area contributed by atoms with Gasteiger partial charge in [0, 0.05) is 11.9 Å². The van der Waals surface area contributed by atoms with Crippen molar-refractivity contribution in [1.82, 2.24) is 4.57 Å². The molecular formula is C21H20N2O4. The van der Waals surface area contributed by atoms with Gasteiger partial charge in [0.25, 0.3) is 11.5 Å². The van der Waals surface area contributed by atoms with E-state index in [1.807, 2.05) is 24.3 Å². The van der Waals surface area contributed by atoms with E-state index in [4.69, 9.17) is 9.47 Å². The second-order valence-corrected chi connectivity index (χ2v) is 5.89. The number of benzene rings is 2. The van der Waals surface area contributed by atoms with Crippen LogP contribution in [0.2, 0.25) is 0 Å². The monoisotopic (exact) mass is 364 g/mol. The first-order valence-corrected chi connectivity index (χ1v) is 8.38. The summed E-state index contributed by atoms with van der Waals surface area (Å²) in [5, 5.41) is 2.73. The molecule has 1 heterocycles. The molecule has 0 aliphatic carbocycles.